The fourth-order valence-electron chi connectivity index (χ4n) is 7.18. The number of nitrogens with zero attached hydrogens (tertiary/aromatic N) is 3. The van der Waals surface area contributed by atoms with E-state index in [-0.39, 0.29) is 102 Å². The van der Waals surface area contributed by atoms with Gasteiger partial charge in [-0.1, -0.05) is 62.4 Å². The van der Waals surface area contributed by atoms with Crippen molar-refractivity contribution >= 4 is 64.0 Å². The highest BCUT2D eigenvalue weighted by atomic mass is 16.6. The lowest BCUT2D eigenvalue weighted by Gasteiger charge is -2.25. The van der Waals surface area contributed by atoms with Gasteiger partial charge in [0.05, 0.1) is 51.7 Å². The number of rotatable bonds is 24. The molecule has 6 rings (SSSR count). The number of ketones is 1. The van der Waals surface area contributed by atoms with Gasteiger partial charge < -0.3 is 45.9 Å². The molecule has 0 spiro atoms. The number of nitrogens with one attached hydrogen (secondary N) is 4. The van der Waals surface area contributed by atoms with Crippen LogP contribution in [0, 0.1) is 5.92 Å². The van der Waals surface area contributed by atoms with Crippen LogP contribution in [-0.4, -0.2) is 127 Å². The Morgan fingerprint density at radius 2 is 1.39 bits per heavy atom. The Morgan fingerprint density at radius 3 is 2.08 bits per heavy atom. The number of fused-ring (bicyclic) bond motifs is 2. The van der Waals surface area contributed by atoms with Gasteiger partial charge in [0.2, 0.25) is 17.7 Å². The number of hydrogen-bond donors (Lipinski definition) is 5. The number of nitrogens with two attached hydrogens (primary N) is 1. The fraction of sp³-hybridized carbons (Fsp3) is 0.370. The molecule has 1 aliphatic heterocycles. The summed E-state index contributed by atoms with van der Waals surface area (Å²) < 4.78 is 23.1. The van der Waals surface area contributed by atoms with Crippen LogP contribution < -0.4 is 27.0 Å². The maximum atomic E-state index is 13.6. The largest absolute Gasteiger partial charge is 0.443 e. The van der Waals surface area contributed by atoms with Crippen LogP contribution in [0.3, 0.4) is 0 Å². The molecule has 7 amide bonds. The Labute approximate surface area is 379 Å². The van der Waals surface area contributed by atoms with Crippen molar-refractivity contribution in [3.63, 3.8) is 0 Å². The van der Waals surface area contributed by atoms with Crippen molar-refractivity contribution in [3.8, 4) is 11.3 Å². The van der Waals surface area contributed by atoms with Crippen molar-refractivity contribution in [2.45, 2.75) is 51.8 Å². The Morgan fingerprint density at radius 1 is 0.742 bits per heavy atom. The second-order valence-corrected chi connectivity index (χ2v) is 15.6. The summed E-state index contributed by atoms with van der Waals surface area (Å²) in [5, 5.41) is 15.8. The van der Waals surface area contributed by atoms with E-state index in [0.717, 1.165) is 9.58 Å². The number of ether oxygens (including phenoxy) is 4. The van der Waals surface area contributed by atoms with Crippen molar-refractivity contribution in [2.75, 3.05) is 58.0 Å². The first-order valence-corrected chi connectivity index (χ1v) is 21.4. The lowest BCUT2D eigenvalue weighted by atomic mass is 9.87. The topological polar surface area (TPSA) is 269 Å². The van der Waals surface area contributed by atoms with Gasteiger partial charge in [0.15, 0.2) is 5.78 Å². The second-order valence-electron chi connectivity index (χ2n) is 15.6. The highest BCUT2D eigenvalue weighted by Gasteiger charge is 2.31. The minimum Gasteiger partial charge on any atom is -0.443 e. The number of carbonyl (C=O) groups is 8. The summed E-state index contributed by atoms with van der Waals surface area (Å²) in [6, 6.07) is 15.9. The summed E-state index contributed by atoms with van der Waals surface area (Å²) in [5.41, 5.74) is 8.73. The van der Waals surface area contributed by atoms with E-state index in [1.165, 1.54) is 12.2 Å². The summed E-state index contributed by atoms with van der Waals surface area (Å²) in [6.45, 7) is 4.87. The molecule has 20 heteroatoms. The predicted molar refractivity (Wildman–Crippen MR) is 238 cm³/mol. The van der Waals surface area contributed by atoms with E-state index in [0.29, 0.717) is 44.5 Å². The maximum absolute atomic E-state index is 13.6. The molecule has 1 aromatic heterocycles. The van der Waals surface area contributed by atoms with E-state index >= 15 is 0 Å². The minimum atomic E-state index is -1.07. The van der Waals surface area contributed by atoms with Crippen molar-refractivity contribution in [1.29, 1.82) is 0 Å². The number of amides is 7. The average molecular weight is 909 g/mol. The quantitative estimate of drug-likeness (QED) is 0.0441. The standard InChI is InChI=1S/C46H52N8O12/c1-28(2)40(51-36(55)18-21-63-23-25-65-26-24-64-22-20-53-37(56)16-17-38(53)57)44(60)50-34(10-6-19-48-45(47)61)43(59)49-30-14-12-29(13-15-30)27-66-46(62)54-35-11-5-9-33-39(35)41(52-54)31-7-3-4-8-32(31)42(33)58/h3-5,7-9,11-17,28,34,40H,6,10,18-27H2,1-2H3,(H,49,59)(H,50,60)(H,51,55)(H3,47,48,61)/t34-,40-/m0/s1. The second kappa shape index (κ2) is 23.1. The zero-order chi connectivity index (χ0) is 47.2. The molecule has 4 aromatic rings. The molecule has 2 heterocycles. The van der Waals surface area contributed by atoms with Crippen molar-refractivity contribution < 1.29 is 57.3 Å². The van der Waals surface area contributed by atoms with Crippen LogP contribution in [0.1, 0.15) is 54.6 Å². The molecule has 6 N–H and O–H groups in total. The Hall–Kier alpha value is -7.29. The molecule has 0 radical (unpaired) electrons. The van der Waals surface area contributed by atoms with Gasteiger partial charge in [0.1, 0.15) is 24.4 Å². The molecule has 3 aromatic carbocycles. The first-order valence-electron chi connectivity index (χ1n) is 21.4. The average Bonchev–Trinajstić information content (AvgIpc) is 3.85. The van der Waals surface area contributed by atoms with Gasteiger partial charge in [0, 0.05) is 52.9 Å². The number of primary amides is 1. The highest BCUT2D eigenvalue weighted by molar-refractivity contribution is 6.25. The Bertz CT molecular complexity index is 2470. The first-order chi connectivity index (χ1) is 31.8. The number of anilines is 1. The van der Waals surface area contributed by atoms with E-state index in [1.807, 2.05) is 0 Å². The van der Waals surface area contributed by atoms with Crippen LogP contribution in [-0.2, 0) is 49.5 Å². The van der Waals surface area contributed by atoms with Gasteiger partial charge >= 0.3 is 12.1 Å². The van der Waals surface area contributed by atoms with Crippen molar-refractivity contribution in [2.24, 2.45) is 11.7 Å². The zero-order valence-corrected chi connectivity index (χ0v) is 36.5. The lowest BCUT2D eigenvalue weighted by Crippen LogP contribution is -2.54. The third-order valence-electron chi connectivity index (χ3n) is 10.6. The molecule has 0 unspecified atom stereocenters. The van der Waals surface area contributed by atoms with E-state index in [1.54, 1.807) is 80.6 Å². The maximum Gasteiger partial charge on any atom is 0.435 e. The summed E-state index contributed by atoms with van der Waals surface area (Å²) in [4.78, 5) is 102. The van der Waals surface area contributed by atoms with Crippen LogP contribution in [0.25, 0.3) is 22.2 Å². The minimum absolute atomic E-state index is 0.0422. The first kappa shape index (κ1) is 48.2. The SMILES string of the molecule is CC(C)[C@H](NC(=O)CCOCCOCCOCCN1C(=O)C=CC1=O)C(=O)N[C@@H](CCCNC(N)=O)C(=O)Nc1ccc(COC(=O)n2nc3c4c(cccc42)C(=O)c2ccccc2-3)cc1. The Balaban J connectivity index is 0.949. The molecular weight excluding hydrogens is 857 g/mol. The summed E-state index contributed by atoms with van der Waals surface area (Å²) >= 11 is 0. The highest BCUT2D eigenvalue weighted by Crippen LogP contribution is 2.38. The molecule has 2 atom stereocenters. The Kier molecular flexibility index (Phi) is 16.8. The molecule has 1 aliphatic carbocycles. The van der Waals surface area contributed by atoms with E-state index in [9.17, 15) is 38.4 Å². The van der Waals surface area contributed by atoms with Gasteiger partial charge in [-0.05, 0) is 42.5 Å². The smallest absolute Gasteiger partial charge is 0.435 e. The lowest BCUT2D eigenvalue weighted by molar-refractivity contribution is -0.137. The van der Waals surface area contributed by atoms with Gasteiger partial charge in [-0.2, -0.15) is 9.78 Å². The zero-order valence-electron chi connectivity index (χ0n) is 36.5. The van der Waals surface area contributed by atoms with Crippen LogP contribution in [0.2, 0.25) is 0 Å². The molecule has 20 nitrogen and oxygen atoms in total. The molecule has 66 heavy (non-hydrogen) atoms. The summed E-state index contributed by atoms with van der Waals surface area (Å²) in [5.74, 6) is -2.82. The van der Waals surface area contributed by atoms with Crippen LogP contribution in [0.4, 0.5) is 15.3 Å². The number of benzene rings is 3. The van der Waals surface area contributed by atoms with E-state index in [2.05, 4.69) is 26.4 Å². The molecule has 0 bridgehead atoms. The fourth-order valence-corrected chi connectivity index (χ4v) is 7.18. The molecule has 348 valence electrons. The number of urea groups is 1. The monoisotopic (exact) mass is 908 g/mol. The molecule has 2 aliphatic rings. The normalized spacial score (nSPS) is 13.7. The van der Waals surface area contributed by atoms with Crippen LogP contribution in [0.5, 0.6) is 0 Å². The summed E-state index contributed by atoms with van der Waals surface area (Å²) in [7, 11) is 0. The molecule has 0 saturated carbocycles. The van der Waals surface area contributed by atoms with E-state index < -0.39 is 41.9 Å². The summed E-state index contributed by atoms with van der Waals surface area (Å²) in [6.07, 6.45) is 2.05. The molecular formula is C46H52N8O12. The molecule has 0 fully saturated rings. The van der Waals surface area contributed by atoms with Gasteiger partial charge in [-0.15, -0.1) is 0 Å². The van der Waals surface area contributed by atoms with Gasteiger partial charge in [-0.3, -0.25) is 33.7 Å². The van der Waals surface area contributed by atoms with Crippen molar-refractivity contribution in [1.82, 2.24) is 30.6 Å². The van der Waals surface area contributed by atoms with Crippen LogP contribution >= 0.6 is 0 Å². The van der Waals surface area contributed by atoms with Crippen LogP contribution in [0.15, 0.2) is 78.9 Å². The number of imide groups is 1. The van der Waals surface area contributed by atoms with Gasteiger partial charge in [-0.25, -0.2) is 9.59 Å². The number of hydrogen-bond acceptors (Lipinski definition) is 13. The third kappa shape index (κ3) is 12.5. The third-order valence-corrected chi connectivity index (χ3v) is 10.6. The number of carbonyl (C=O) groups excluding carboxylic acids is 8. The molecule has 0 saturated heterocycles. The van der Waals surface area contributed by atoms with Crippen molar-refractivity contribution in [3.05, 3.63) is 95.6 Å². The van der Waals surface area contributed by atoms with E-state index in [4.69, 9.17) is 24.7 Å². The van der Waals surface area contributed by atoms with Gasteiger partial charge in [0.25, 0.3) is 11.8 Å². The number of aromatic nitrogens is 2. The predicted octanol–water partition coefficient (Wildman–Crippen LogP) is 2.81.